The van der Waals surface area contributed by atoms with E-state index in [4.69, 9.17) is 4.74 Å². The number of para-hydroxylation sites is 2. The predicted octanol–water partition coefficient (Wildman–Crippen LogP) is 5.15. The Kier molecular flexibility index (Phi) is 4.42. The molecule has 1 aliphatic rings. The van der Waals surface area contributed by atoms with E-state index in [0.29, 0.717) is 0 Å². The van der Waals surface area contributed by atoms with Crippen molar-refractivity contribution in [1.82, 2.24) is 0 Å². The van der Waals surface area contributed by atoms with Crippen molar-refractivity contribution >= 4 is 5.69 Å². The van der Waals surface area contributed by atoms with Crippen molar-refractivity contribution in [2.75, 3.05) is 12.0 Å². The van der Waals surface area contributed by atoms with Gasteiger partial charge >= 0.3 is 0 Å². The van der Waals surface area contributed by atoms with E-state index in [1.165, 1.54) is 42.6 Å². The summed E-state index contributed by atoms with van der Waals surface area (Å²) in [7, 11) is 1.75. The van der Waals surface area contributed by atoms with Crippen molar-refractivity contribution in [3.63, 3.8) is 0 Å². The highest BCUT2D eigenvalue weighted by molar-refractivity contribution is 5.64. The van der Waals surface area contributed by atoms with E-state index < -0.39 is 0 Å². The first kappa shape index (κ1) is 15.0. The summed E-state index contributed by atoms with van der Waals surface area (Å²) >= 11 is 0. The lowest BCUT2D eigenvalue weighted by Crippen LogP contribution is -2.42. The van der Waals surface area contributed by atoms with Gasteiger partial charge in [-0.3, -0.25) is 0 Å². The van der Waals surface area contributed by atoms with Gasteiger partial charge in [-0.2, -0.15) is 0 Å². The first-order valence-electron chi connectivity index (χ1n) is 7.57. The van der Waals surface area contributed by atoms with E-state index in [-0.39, 0.29) is 5.54 Å². The van der Waals surface area contributed by atoms with Crippen LogP contribution in [0.5, 0.6) is 5.75 Å². The standard InChI is InChI=1S/C18H27NO/c1-14-10-6-7-11-15(14)19(18(2,3)4)16-12-8-9-13-17(16)20-5/h8-9,12-13H,6-7,10-11H2,1-5H3. The summed E-state index contributed by atoms with van der Waals surface area (Å²) < 4.78 is 5.58. The minimum absolute atomic E-state index is 0.0442. The molecular weight excluding hydrogens is 246 g/mol. The van der Waals surface area contributed by atoms with Crippen molar-refractivity contribution in [3.05, 3.63) is 35.5 Å². The van der Waals surface area contributed by atoms with Crippen LogP contribution in [0, 0.1) is 0 Å². The monoisotopic (exact) mass is 273 g/mol. The maximum Gasteiger partial charge on any atom is 0.142 e. The van der Waals surface area contributed by atoms with Gasteiger partial charge in [0.15, 0.2) is 0 Å². The van der Waals surface area contributed by atoms with Crippen LogP contribution in [0.25, 0.3) is 0 Å². The lowest BCUT2D eigenvalue weighted by molar-refractivity contribution is 0.409. The predicted molar refractivity (Wildman–Crippen MR) is 86.4 cm³/mol. The minimum atomic E-state index is 0.0442. The molecule has 0 saturated heterocycles. The molecule has 1 aromatic carbocycles. The zero-order chi connectivity index (χ0) is 14.8. The molecule has 2 rings (SSSR count). The fraction of sp³-hybridized carbons (Fsp3) is 0.556. The number of nitrogens with zero attached hydrogens (tertiary/aromatic N) is 1. The van der Waals surface area contributed by atoms with Crippen LogP contribution in [0.4, 0.5) is 5.69 Å². The normalized spacial score (nSPS) is 16.2. The average molecular weight is 273 g/mol. The van der Waals surface area contributed by atoms with E-state index in [1.54, 1.807) is 7.11 Å². The summed E-state index contributed by atoms with van der Waals surface area (Å²) in [5.41, 5.74) is 4.23. The van der Waals surface area contributed by atoms with Crippen LogP contribution >= 0.6 is 0 Å². The van der Waals surface area contributed by atoms with E-state index in [1.807, 2.05) is 12.1 Å². The van der Waals surface area contributed by atoms with Gasteiger partial charge < -0.3 is 9.64 Å². The third-order valence-electron chi connectivity index (χ3n) is 3.97. The fourth-order valence-corrected chi connectivity index (χ4v) is 3.07. The second-order valence-corrected chi connectivity index (χ2v) is 6.61. The number of allylic oxidation sites excluding steroid dienone is 2. The SMILES string of the molecule is COc1ccccc1N(C1=C(C)CCCC1)C(C)(C)C. The first-order chi connectivity index (χ1) is 9.45. The first-order valence-corrected chi connectivity index (χ1v) is 7.57. The summed E-state index contributed by atoms with van der Waals surface area (Å²) in [6.07, 6.45) is 4.99. The van der Waals surface area contributed by atoms with Crippen LogP contribution in [0.3, 0.4) is 0 Å². The number of hydrogen-bond acceptors (Lipinski definition) is 2. The molecule has 0 radical (unpaired) electrons. The van der Waals surface area contributed by atoms with Crippen molar-refractivity contribution < 1.29 is 4.74 Å². The Hall–Kier alpha value is -1.44. The number of benzene rings is 1. The van der Waals surface area contributed by atoms with Crippen LogP contribution in [0.15, 0.2) is 35.5 Å². The molecule has 20 heavy (non-hydrogen) atoms. The van der Waals surface area contributed by atoms with E-state index in [0.717, 1.165) is 5.75 Å². The number of rotatable bonds is 3. The molecule has 0 saturated carbocycles. The molecule has 0 amide bonds. The number of methoxy groups -OCH3 is 1. The summed E-state index contributed by atoms with van der Waals surface area (Å²) in [5, 5.41) is 0. The van der Waals surface area contributed by atoms with Crippen molar-refractivity contribution in [2.24, 2.45) is 0 Å². The summed E-state index contributed by atoms with van der Waals surface area (Å²) in [6.45, 7) is 9.10. The largest absolute Gasteiger partial charge is 0.495 e. The molecule has 0 aromatic heterocycles. The van der Waals surface area contributed by atoms with E-state index >= 15 is 0 Å². The number of ether oxygens (including phenoxy) is 1. The summed E-state index contributed by atoms with van der Waals surface area (Å²) in [4.78, 5) is 2.47. The van der Waals surface area contributed by atoms with Gasteiger partial charge in [0.1, 0.15) is 5.75 Å². The molecule has 0 atom stereocenters. The molecule has 0 unspecified atom stereocenters. The highest BCUT2D eigenvalue weighted by Crippen LogP contribution is 2.40. The zero-order valence-electron chi connectivity index (χ0n) is 13.5. The number of anilines is 1. The Bertz CT molecular complexity index is 496. The van der Waals surface area contributed by atoms with Crippen LogP contribution in [0.2, 0.25) is 0 Å². The van der Waals surface area contributed by atoms with Gasteiger partial charge in [0.2, 0.25) is 0 Å². The molecule has 0 spiro atoms. The Balaban J connectivity index is 2.54. The molecule has 0 fully saturated rings. The molecular formula is C18H27NO. The fourth-order valence-electron chi connectivity index (χ4n) is 3.07. The Labute approximate surface area is 123 Å². The van der Waals surface area contributed by atoms with Gasteiger partial charge in [0.25, 0.3) is 0 Å². The minimum Gasteiger partial charge on any atom is -0.495 e. The lowest BCUT2D eigenvalue weighted by atomic mass is 9.92. The smallest absolute Gasteiger partial charge is 0.142 e. The quantitative estimate of drug-likeness (QED) is 0.755. The van der Waals surface area contributed by atoms with E-state index in [2.05, 4.69) is 44.7 Å². The Morgan fingerprint density at radius 1 is 1.05 bits per heavy atom. The van der Waals surface area contributed by atoms with Crippen LogP contribution in [-0.4, -0.2) is 12.6 Å². The number of hydrogen-bond donors (Lipinski definition) is 0. The topological polar surface area (TPSA) is 12.5 Å². The Morgan fingerprint density at radius 2 is 1.70 bits per heavy atom. The van der Waals surface area contributed by atoms with Crippen LogP contribution in [0.1, 0.15) is 53.4 Å². The van der Waals surface area contributed by atoms with E-state index in [9.17, 15) is 0 Å². The average Bonchev–Trinajstić information content (AvgIpc) is 2.40. The van der Waals surface area contributed by atoms with Gasteiger partial charge in [-0.1, -0.05) is 17.7 Å². The van der Waals surface area contributed by atoms with Crippen molar-refractivity contribution in [3.8, 4) is 5.75 Å². The van der Waals surface area contributed by atoms with Gasteiger partial charge in [-0.25, -0.2) is 0 Å². The lowest BCUT2D eigenvalue weighted by Gasteiger charge is -2.42. The maximum atomic E-state index is 5.58. The molecule has 2 heteroatoms. The second kappa shape index (κ2) is 5.90. The third kappa shape index (κ3) is 3.00. The van der Waals surface area contributed by atoms with Crippen LogP contribution in [-0.2, 0) is 0 Å². The molecule has 1 aromatic rings. The zero-order valence-corrected chi connectivity index (χ0v) is 13.5. The van der Waals surface area contributed by atoms with Gasteiger partial charge in [0, 0.05) is 11.2 Å². The molecule has 1 aliphatic carbocycles. The maximum absolute atomic E-state index is 5.58. The van der Waals surface area contributed by atoms with Crippen molar-refractivity contribution in [2.45, 2.75) is 58.9 Å². The van der Waals surface area contributed by atoms with Crippen LogP contribution < -0.4 is 9.64 Å². The molecule has 0 aliphatic heterocycles. The van der Waals surface area contributed by atoms with Gasteiger partial charge in [0.05, 0.1) is 12.8 Å². The highest BCUT2D eigenvalue weighted by Gasteiger charge is 2.29. The molecule has 0 N–H and O–H groups in total. The molecule has 2 nitrogen and oxygen atoms in total. The van der Waals surface area contributed by atoms with Gasteiger partial charge in [-0.05, 0) is 65.5 Å². The Morgan fingerprint density at radius 3 is 2.30 bits per heavy atom. The molecule has 0 bridgehead atoms. The third-order valence-corrected chi connectivity index (χ3v) is 3.97. The molecule has 110 valence electrons. The molecule has 0 heterocycles. The van der Waals surface area contributed by atoms with Gasteiger partial charge in [-0.15, -0.1) is 0 Å². The summed E-state index contributed by atoms with van der Waals surface area (Å²) in [5.74, 6) is 0.952. The summed E-state index contributed by atoms with van der Waals surface area (Å²) in [6, 6.07) is 8.34. The van der Waals surface area contributed by atoms with Crippen molar-refractivity contribution in [1.29, 1.82) is 0 Å². The highest BCUT2D eigenvalue weighted by atomic mass is 16.5. The second-order valence-electron chi connectivity index (χ2n) is 6.61.